The number of pyridine rings is 1. The van der Waals surface area contributed by atoms with Crippen molar-refractivity contribution in [2.75, 3.05) is 20.3 Å². The predicted molar refractivity (Wildman–Crippen MR) is 88.8 cm³/mol. The second-order valence-corrected chi connectivity index (χ2v) is 6.45. The monoisotopic (exact) mass is 332 g/mol. The summed E-state index contributed by atoms with van der Waals surface area (Å²) < 4.78 is 10.7. The van der Waals surface area contributed by atoms with Crippen LogP contribution in [-0.2, 0) is 11.3 Å². The highest BCUT2D eigenvalue weighted by Gasteiger charge is 2.29. The first-order valence-electron chi connectivity index (χ1n) is 7.69. The first kappa shape index (κ1) is 16.0. The fraction of sp³-hybridized carbons (Fsp3) is 0.412. The van der Waals surface area contributed by atoms with Crippen LogP contribution in [0.3, 0.4) is 0 Å². The lowest BCUT2D eigenvalue weighted by Crippen LogP contribution is -2.43. The Labute approximate surface area is 139 Å². The van der Waals surface area contributed by atoms with Gasteiger partial charge in [-0.2, -0.15) is 0 Å². The second-order valence-electron chi connectivity index (χ2n) is 5.42. The molecule has 0 aliphatic carbocycles. The van der Waals surface area contributed by atoms with Crippen LogP contribution in [0.1, 0.15) is 28.1 Å². The van der Waals surface area contributed by atoms with Gasteiger partial charge in [0.25, 0.3) is 5.91 Å². The van der Waals surface area contributed by atoms with E-state index in [0.717, 1.165) is 12.8 Å². The molecule has 5 nitrogen and oxygen atoms in total. The van der Waals surface area contributed by atoms with Gasteiger partial charge in [-0.15, -0.1) is 11.3 Å². The highest BCUT2D eigenvalue weighted by atomic mass is 32.1. The number of aromatic nitrogens is 1. The van der Waals surface area contributed by atoms with E-state index in [2.05, 4.69) is 11.1 Å². The molecular formula is C17H20N2O3S. The lowest BCUT2D eigenvalue weighted by molar-refractivity contribution is 0.0268. The number of carbonyl (C=O) groups is 1. The largest absolute Gasteiger partial charge is 0.480 e. The molecule has 2 aromatic rings. The van der Waals surface area contributed by atoms with Crippen LogP contribution in [0.15, 0.2) is 35.8 Å². The molecule has 1 amide bonds. The van der Waals surface area contributed by atoms with Crippen molar-refractivity contribution in [1.82, 2.24) is 9.88 Å². The third-order valence-electron chi connectivity index (χ3n) is 3.99. The van der Waals surface area contributed by atoms with Crippen molar-refractivity contribution in [2.45, 2.75) is 25.4 Å². The summed E-state index contributed by atoms with van der Waals surface area (Å²) in [4.78, 5) is 20.4. The summed E-state index contributed by atoms with van der Waals surface area (Å²) in [5.41, 5.74) is 0.512. The van der Waals surface area contributed by atoms with E-state index in [0.29, 0.717) is 31.2 Å². The Hall–Kier alpha value is -1.92. The van der Waals surface area contributed by atoms with Gasteiger partial charge in [-0.05, 0) is 36.4 Å². The van der Waals surface area contributed by atoms with Crippen molar-refractivity contribution in [2.24, 2.45) is 0 Å². The lowest BCUT2D eigenvalue weighted by Gasteiger charge is -2.34. The third-order valence-corrected chi connectivity index (χ3v) is 4.85. The van der Waals surface area contributed by atoms with Gasteiger partial charge in [0.15, 0.2) is 0 Å². The number of carbonyl (C=O) groups excluding carboxylic acids is 1. The summed E-state index contributed by atoms with van der Waals surface area (Å²) in [6, 6.07) is 7.79. The van der Waals surface area contributed by atoms with Crippen LogP contribution < -0.4 is 4.74 Å². The number of thiophene rings is 1. The molecule has 1 saturated heterocycles. The minimum atomic E-state index is -0.0322. The smallest absolute Gasteiger partial charge is 0.259 e. The number of methoxy groups -OCH3 is 1. The van der Waals surface area contributed by atoms with Crippen LogP contribution in [0.4, 0.5) is 0 Å². The fourth-order valence-electron chi connectivity index (χ4n) is 2.80. The maximum absolute atomic E-state index is 13.1. The molecule has 0 spiro atoms. The molecule has 0 bridgehead atoms. The van der Waals surface area contributed by atoms with Crippen LogP contribution in [0.5, 0.6) is 5.88 Å². The van der Waals surface area contributed by atoms with E-state index in [4.69, 9.17) is 9.47 Å². The van der Waals surface area contributed by atoms with Crippen molar-refractivity contribution >= 4 is 17.2 Å². The van der Waals surface area contributed by atoms with Crippen molar-refractivity contribution in [3.8, 4) is 5.88 Å². The summed E-state index contributed by atoms with van der Waals surface area (Å²) >= 11 is 1.67. The molecule has 6 heteroatoms. The van der Waals surface area contributed by atoms with Crippen LogP contribution in [-0.4, -0.2) is 42.2 Å². The van der Waals surface area contributed by atoms with Gasteiger partial charge in [0.05, 0.1) is 13.7 Å². The van der Waals surface area contributed by atoms with Gasteiger partial charge in [-0.25, -0.2) is 4.98 Å². The lowest BCUT2D eigenvalue weighted by atomic mass is 10.1. The summed E-state index contributed by atoms with van der Waals surface area (Å²) in [7, 11) is 1.54. The molecule has 23 heavy (non-hydrogen) atoms. The summed E-state index contributed by atoms with van der Waals surface area (Å²) in [6.45, 7) is 2.01. The number of amides is 1. The molecule has 122 valence electrons. The van der Waals surface area contributed by atoms with Gasteiger partial charge in [0.1, 0.15) is 5.56 Å². The molecule has 0 aromatic carbocycles. The van der Waals surface area contributed by atoms with Gasteiger partial charge in [0, 0.05) is 30.3 Å². The van der Waals surface area contributed by atoms with Gasteiger partial charge >= 0.3 is 0 Å². The molecule has 0 saturated carbocycles. The molecular weight excluding hydrogens is 312 g/mol. The highest BCUT2D eigenvalue weighted by molar-refractivity contribution is 7.09. The van der Waals surface area contributed by atoms with Crippen molar-refractivity contribution in [3.05, 3.63) is 46.3 Å². The Kier molecular flexibility index (Phi) is 5.25. The van der Waals surface area contributed by atoms with Gasteiger partial charge < -0.3 is 14.4 Å². The molecule has 1 fully saturated rings. The topological polar surface area (TPSA) is 51.7 Å². The van der Waals surface area contributed by atoms with Gasteiger partial charge in [-0.3, -0.25) is 4.79 Å². The predicted octanol–water partition coefficient (Wildman–Crippen LogP) is 2.97. The first-order chi connectivity index (χ1) is 11.3. The molecule has 1 aliphatic heterocycles. The fourth-order valence-corrected chi connectivity index (χ4v) is 3.51. The Bertz CT molecular complexity index is 639. The number of ether oxygens (including phenoxy) is 2. The van der Waals surface area contributed by atoms with Crippen LogP contribution in [0, 0.1) is 0 Å². The minimum Gasteiger partial charge on any atom is -0.480 e. The molecule has 3 rings (SSSR count). The summed E-state index contributed by atoms with van der Waals surface area (Å²) in [5.74, 6) is 0.344. The zero-order valence-corrected chi connectivity index (χ0v) is 13.9. The Morgan fingerprint density at radius 1 is 1.39 bits per heavy atom. The van der Waals surface area contributed by atoms with Crippen LogP contribution in [0.25, 0.3) is 0 Å². The maximum atomic E-state index is 13.1. The van der Waals surface area contributed by atoms with Crippen molar-refractivity contribution in [3.63, 3.8) is 0 Å². The molecule has 0 N–H and O–H groups in total. The van der Waals surface area contributed by atoms with E-state index in [1.165, 1.54) is 12.0 Å². The molecule has 0 atom stereocenters. The first-order valence-corrected chi connectivity index (χ1v) is 8.57. The van der Waals surface area contributed by atoms with Crippen molar-refractivity contribution in [1.29, 1.82) is 0 Å². The zero-order chi connectivity index (χ0) is 16.1. The maximum Gasteiger partial charge on any atom is 0.259 e. The second kappa shape index (κ2) is 7.57. The summed E-state index contributed by atoms with van der Waals surface area (Å²) in [5, 5.41) is 2.03. The average molecular weight is 332 g/mol. The number of nitrogens with zero attached hydrogens (tertiary/aromatic N) is 2. The molecule has 1 aliphatic rings. The quantitative estimate of drug-likeness (QED) is 0.845. The van der Waals surface area contributed by atoms with E-state index >= 15 is 0 Å². The van der Waals surface area contributed by atoms with Gasteiger partial charge in [0.2, 0.25) is 5.88 Å². The van der Waals surface area contributed by atoms with E-state index in [9.17, 15) is 4.79 Å². The average Bonchev–Trinajstić information content (AvgIpc) is 3.13. The molecule has 2 aromatic heterocycles. The van der Waals surface area contributed by atoms with E-state index < -0.39 is 0 Å². The highest BCUT2D eigenvalue weighted by Crippen LogP contribution is 2.24. The molecule has 3 heterocycles. The third kappa shape index (κ3) is 3.71. The number of hydrogen-bond acceptors (Lipinski definition) is 5. The van der Waals surface area contributed by atoms with Gasteiger partial charge in [-0.1, -0.05) is 6.07 Å². The summed E-state index contributed by atoms with van der Waals surface area (Å²) in [6.07, 6.45) is 3.35. The van der Waals surface area contributed by atoms with Crippen LogP contribution >= 0.6 is 11.3 Å². The zero-order valence-electron chi connectivity index (χ0n) is 13.1. The van der Waals surface area contributed by atoms with Crippen LogP contribution in [0.2, 0.25) is 0 Å². The number of rotatable bonds is 5. The molecule has 0 unspecified atom stereocenters. The molecule has 0 radical (unpaired) electrons. The normalized spacial score (nSPS) is 15.3. The SMILES string of the molecule is COc1ncccc1C(=O)N(Cc1cccs1)C1CCOCC1. The number of hydrogen-bond donors (Lipinski definition) is 0. The van der Waals surface area contributed by atoms with E-state index in [-0.39, 0.29) is 11.9 Å². The minimum absolute atomic E-state index is 0.0322. The van der Waals surface area contributed by atoms with E-state index in [1.807, 2.05) is 16.3 Å². The Balaban J connectivity index is 1.88. The Morgan fingerprint density at radius 2 is 2.22 bits per heavy atom. The standard InChI is InChI=1S/C17H20N2O3S/c1-21-16-15(5-2-8-18-16)17(20)19(12-14-4-3-11-23-14)13-6-9-22-10-7-13/h2-5,8,11,13H,6-7,9-10,12H2,1H3. The Morgan fingerprint density at radius 3 is 2.91 bits per heavy atom. The van der Waals surface area contributed by atoms with Crippen molar-refractivity contribution < 1.29 is 14.3 Å². The van der Waals surface area contributed by atoms with E-state index in [1.54, 1.807) is 29.7 Å².